The second kappa shape index (κ2) is 7.05. The number of carbonyl (C=O) groups excluding carboxylic acids is 2. The Bertz CT molecular complexity index is 630. The topological polar surface area (TPSA) is 52.6 Å². The molecule has 0 aliphatic carbocycles. The van der Waals surface area contributed by atoms with Gasteiger partial charge in [0.05, 0.1) is 11.1 Å². The van der Waals surface area contributed by atoms with Crippen molar-refractivity contribution in [3.63, 3.8) is 0 Å². The smallest absolute Gasteiger partial charge is 0.346 e. The van der Waals surface area contributed by atoms with E-state index in [0.717, 1.165) is 0 Å². The average Bonchev–Trinajstić information content (AvgIpc) is 2.54. The van der Waals surface area contributed by atoms with Gasteiger partial charge >= 0.3 is 11.9 Å². The Morgan fingerprint density at radius 1 is 0.905 bits per heavy atom. The molecule has 2 aromatic carbocycles. The Hall–Kier alpha value is -2.88. The van der Waals surface area contributed by atoms with Gasteiger partial charge in [0.25, 0.3) is 0 Å². The minimum Gasteiger partial charge on any atom is -0.490 e. The first-order valence-electron chi connectivity index (χ1n) is 6.36. The number of benzene rings is 2. The Labute approximate surface area is 122 Å². The summed E-state index contributed by atoms with van der Waals surface area (Å²) < 4.78 is 10.1. The van der Waals surface area contributed by atoms with Crippen LogP contribution in [0.25, 0.3) is 0 Å². The summed E-state index contributed by atoms with van der Waals surface area (Å²) in [6, 6.07) is 14.7. The van der Waals surface area contributed by atoms with Gasteiger partial charge in [0.2, 0.25) is 0 Å². The highest BCUT2D eigenvalue weighted by molar-refractivity contribution is 6.02. The molecule has 0 aliphatic rings. The molecule has 0 saturated carbocycles. The van der Waals surface area contributed by atoms with Gasteiger partial charge in [-0.05, 0) is 36.4 Å². The van der Waals surface area contributed by atoms with Gasteiger partial charge in [0.15, 0.2) is 0 Å². The van der Waals surface area contributed by atoms with Gasteiger partial charge in [0, 0.05) is 0 Å². The van der Waals surface area contributed by atoms with E-state index in [1.165, 1.54) is 0 Å². The number of ether oxygens (including phenoxy) is 2. The molecular weight excluding hydrogens is 268 g/mol. The third kappa shape index (κ3) is 4.04. The summed E-state index contributed by atoms with van der Waals surface area (Å²) >= 11 is 0. The van der Waals surface area contributed by atoms with Crippen LogP contribution in [0.1, 0.15) is 20.7 Å². The van der Waals surface area contributed by atoms with Crippen LogP contribution in [0.3, 0.4) is 0 Å². The van der Waals surface area contributed by atoms with Crippen LogP contribution >= 0.6 is 0 Å². The fraction of sp³-hybridized carbons (Fsp3) is 0.0588. The summed E-state index contributed by atoms with van der Waals surface area (Å²) in [6.07, 6.45) is 1.63. The molecule has 0 amide bonds. The van der Waals surface area contributed by atoms with Crippen molar-refractivity contribution >= 4 is 11.9 Å². The van der Waals surface area contributed by atoms with Gasteiger partial charge in [-0.15, -0.1) is 0 Å². The van der Waals surface area contributed by atoms with E-state index in [1.807, 2.05) is 0 Å². The summed E-state index contributed by atoms with van der Waals surface area (Å²) in [4.78, 5) is 23.6. The molecule has 0 radical (unpaired) electrons. The van der Waals surface area contributed by atoms with Crippen LogP contribution in [0, 0.1) is 0 Å². The zero-order valence-corrected chi connectivity index (χ0v) is 11.3. The maximum Gasteiger partial charge on any atom is 0.346 e. The molecule has 4 nitrogen and oxygen atoms in total. The highest BCUT2D eigenvalue weighted by atomic mass is 16.6. The second-order valence-electron chi connectivity index (χ2n) is 4.17. The van der Waals surface area contributed by atoms with E-state index in [2.05, 4.69) is 6.58 Å². The number of esters is 2. The normalized spacial score (nSPS) is 9.71. The zero-order chi connectivity index (χ0) is 15.1. The summed E-state index contributed by atoms with van der Waals surface area (Å²) in [6.45, 7) is 3.93. The number of rotatable bonds is 5. The zero-order valence-electron chi connectivity index (χ0n) is 11.3. The van der Waals surface area contributed by atoms with Crippen LogP contribution in [0.2, 0.25) is 0 Å². The summed E-state index contributed by atoms with van der Waals surface area (Å²) in [5, 5.41) is 0. The SMILES string of the molecule is C=CCOc1ccc(C(=O)OC(=O)c2ccccc2)cc1. The lowest BCUT2D eigenvalue weighted by atomic mass is 10.2. The molecule has 21 heavy (non-hydrogen) atoms. The predicted molar refractivity (Wildman–Crippen MR) is 78.3 cm³/mol. The lowest BCUT2D eigenvalue weighted by Gasteiger charge is -2.05. The van der Waals surface area contributed by atoms with Crippen molar-refractivity contribution in [2.75, 3.05) is 6.61 Å². The molecule has 0 aromatic heterocycles. The third-order valence-electron chi connectivity index (χ3n) is 2.65. The molecule has 0 spiro atoms. The summed E-state index contributed by atoms with van der Waals surface area (Å²) in [5.74, 6) is -0.757. The molecule has 0 atom stereocenters. The van der Waals surface area contributed by atoms with E-state index in [0.29, 0.717) is 17.9 Å². The number of carbonyl (C=O) groups is 2. The van der Waals surface area contributed by atoms with Crippen molar-refractivity contribution < 1.29 is 19.1 Å². The lowest BCUT2D eigenvalue weighted by Crippen LogP contribution is -2.12. The molecule has 2 rings (SSSR count). The van der Waals surface area contributed by atoms with Crippen molar-refractivity contribution in [3.05, 3.63) is 78.4 Å². The van der Waals surface area contributed by atoms with Crippen LogP contribution in [0.5, 0.6) is 5.75 Å². The second-order valence-corrected chi connectivity index (χ2v) is 4.17. The van der Waals surface area contributed by atoms with E-state index in [9.17, 15) is 9.59 Å². The maximum absolute atomic E-state index is 11.9. The Morgan fingerprint density at radius 2 is 1.48 bits per heavy atom. The van der Waals surface area contributed by atoms with Gasteiger partial charge in [0.1, 0.15) is 12.4 Å². The molecule has 0 aliphatic heterocycles. The van der Waals surface area contributed by atoms with Crippen LogP contribution in [-0.2, 0) is 4.74 Å². The van der Waals surface area contributed by atoms with E-state index < -0.39 is 11.9 Å². The highest BCUT2D eigenvalue weighted by Gasteiger charge is 2.14. The Morgan fingerprint density at radius 3 is 2.05 bits per heavy atom. The van der Waals surface area contributed by atoms with Gasteiger partial charge in [-0.2, -0.15) is 0 Å². The molecule has 0 N–H and O–H groups in total. The molecule has 0 saturated heterocycles. The van der Waals surface area contributed by atoms with Crippen molar-refractivity contribution in [2.24, 2.45) is 0 Å². The predicted octanol–water partition coefficient (Wildman–Crippen LogP) is 3.25. The van der Waals surface area contributed by atoms with Gasteiger partial charge in [-0.1, -0.05) is 30.9 Å². The molecular formula is C17H14O4. The van der Waals surface area contributed by atoms with E-state index >= 15 is 0 Å². The van der Waals surface area contributed by atoms with Crippen molar-refractivity contribution in [2.45, 2.75) is 0 Å². The molecule has 2 aromatic rings. The quantitative estimate of drug-likeness (QED) is 0.480. The van der Waals surface area contributed by atoms with Gasteiger partial charge in [-0.25, -0.2) is 9.59 Å². The molecule has 0 bridgehead atoms. The summed E-state index contributed by atoms with van der Waals surface area (Å²) in [7, 11) is 0. The average molecular weight is 282 g/mol. The van der Waals surface area contributed by atoms with E-state index in [-0.39, 0.29) is 5.56 Å². The van der Waals surface area contributed by atoms with E-state index in [1.54, 1.807) is 60.7 Å². The molecule has 0 fully saturated rings. The van der Waals surface area contributed by atoms with Gasteiger partial charge in [-0.3, -0.25) is 0 Å². The largest absolute Gasteiger partial charge is 0.490 e. The van der Waals surface area contributed by atoms with Crippen molar-refractivity contribution in [3.8, 4) is 5.75 Å². The van der Waals surface area contributed by atoms with Crippen LogP contribution in [0.4, 0.5) is 0 Å². The maximum atomic E-state index is 11.9. The Kier molecular flexibility index (Phi) is 4.88. The molecule has 4 heteroatoms. The molecule has 106 valence electrons. The monoisotopic (exact) mass is 282 g/mol. The minimum atomic E-state index is -0.695. The van der Waals surface area contributed by atoms with Crippen LogP contribution in [-0.4, -0.2) is 18.5 Å². The third-order valence-corrected chi connectivity index (χ3v) is 2.65. The highest BCUT2D eigenvalue weighted by Crippen LogP contribution is 2.13. The Balaban J connectivity index is 2.00. The van der Waals surface area contributed by atoms with E-state index in [4.69, 9.17) is 9.47 Å². The van der Waals surface area contributed by atoms with Crippen LogP contribution in [0.15, 0.2) is 67.3 Å². The fourth-order valence-electron chi connectivity index (χ4n) is 1.62. The van der Waals surface area contributed by atoms with Crippen molar-refractivity contribution in [1.29, 1.82) is 0 Å². The molecule has 0 unspecified atom stereocenters. The summed E-state index contributed by atoms with van der Waals surface area (Å²) in [5.41, 5.74) is 0.613. The standard InChI is InChI=1S/C17H14O4/c1-2-12-20-15-10-8-14(9-11-15)17(19)21-16(18)13-6-4-3-5-7-13/h2-11H,1,12H2. The molecule has 0 heterocycles. The van der Waals surface area contributed by atoms with Gasteiger partial charge < -0.3 is 9.47 Å². The first kappa shape index (κ1) is 14.5. The fourth-order valence-corrected chi connectivity index (χ4v) is 1.62. The number of hydrogen-bond acceptors (Lipinski definition) is 4. The van der Waals surface area contributed by atoms with Crippen molar-refractivity contribution in [1.82, 2.24) is 0 Å². The first-order chi connectivity index (χ1) is 10.2. The number of hydrogen-bond donors (Lipinski definition) is 0. The first-order valence-corrected chi connectivity index (χ1v) is 6.36. The minimum absolute atomic E-state index is 0.283. The lowest BCUT2D eigenvalue weighted by molar-refractivity contribution is 0.0398. The van der Waals surface area contributed by atoms with Crippen LogP contribution < -0.4 is 4.74 Å².